The van der Waals surface area contributed by atoms with Crippen LogP contribution in [0.5, 0.6) is 0 Å². The van der Waals surface area contributed by atoms with Gasteiger partial charge in [-0.05, 0) is 38.1 Å². The van der Waals surface area contributed by atoms with Crippen molar-refractivity contribution in [2.45, 2.75) is 24.2 Å². The molecule has 156 valence electrons. The summed E-state index contributed by atoms with van der Waals surface area (Å²) in [6.45, 7) is 3.61. The summed E-state index contributed by atoms with van der Waals surface area (Å²) in [6, 6.07) is 14.6. The lowest BCUT2D eigenvalue weighted by Gasteiger charge is -2.13. The fourth-order valence-electron chi connectivity index (χ4n) is 2.43. The van der Waals surface area contributed by atoms with Crippen LogP contribution in [0.4, 0.5) is 10.8 Å². The zero-order valence-electron chi connectivity index (χ0n) is 16.1. The highest BCUT2D eigenvalue weighted by molar-refractivity contribution is 7.94. The van der Waals surface area contributed by atoms with Crippen molar-refractivity contribution >= 4 is 44.0 Å². The number of rotatable bonds is 7. The third-order valence-corrected chi connectivity index (χ3v) is 6.30. The van der Waals surface area contributed by atoms with Crippen LogP contribution in [0.2, 0.25) is 0 Å². The van der Waals surface area contributed by atoms with E-state index in [1.807, 2.05) is 0 Å². The first-order valence-corrected chi connectivity index (χ1v) is 11.2. The minimum Gasteiger partial charge on any atom is -0.350 e. The van der Waals surface area contributed by atoms with Gasteiger partial charge in [0, 0.05) is 11.6 Å². The van der Waals surface area contributed by atoms with Crippen LogP contribution in [0.1, 0.15) is 34.6 Å². The van der Waals surface area contributed by atoms with E-state index in [0.29, 0.717) is 16.9 Å². The second-order valence-electron chi connectivity index (χ2n) is 6.47. The maximum Gasteiger partial charge on any atom is 0.291 e. The minimum absolute atomic E-state index is 0.0371. The molecule has 3 aromatic rings. The van der Waals surface area contributed by atoms with E-state index in [4.69, 9.17) is 0 Å². The van der Waals surface area contributed by atoms with Gasteiger partial charge in [0.15, 0.2) is 0 Å². The van der Waals surface area contributed by atoms with Crippen LogP contribution < -0.4 is 15.4 Å². The Hall–Kier alpha value is -3.31. The van der Waals surface area contributed by atoms with Crippen molar-refractivity contribution in [3.05, 3.63) is 65.7 Å². The van der Waals surface area contributed by atoms with Gasteiger partial charge >= 0.3 is 0 Å². The molecule has 0 aliphatic heterocycles. The van der Waals surface area contributed by atoms with Gasteiger partial charge in [-0.3, -0.25) is 19.6 Å². The molecule has 0 radical (unpaired) electrons. The van der Waals surface area contributed by atoms with E-state index >= 15 is 0 Å². The van der Waals surface area contributed by atoms with E-state index in [9.17, 15) is 18.0 Å². The van der Waals surface area contributed by atoms with E-state index in [2.05, 4.69) is 25.6 Å². The standard InChI is InChI=1S/C19H19N5O4S2/c1-12(2)20-17(26)14-10-6-7-11-15(14)24-30(27,28)19-23-22-18(29-19)21-16(25)13-8-4-3-5-9-13/h3-12,24H,1-2H3,(H,20,26)(H,21,22,25). The molecule has 0 saturated carbocycles. The number of carbonyl (C=O) groups excluding carboxylic acids is 2. The maximum absolute atomic E-state index is 12.7. The molecule has 0 spiro atoms. The van der Waals surface area contributed by atoms with Gasteiger partial charge in [0.2, 0.25) is 5.13 Å². The van der Waals surface area contributed by atoms with Crippen LogP contribution in [0, 0.1) is 0 Å². The zero-order chi connectivity index (χ0) is 21.7. The number of benzene rings is 2. The third kappa shape index (κ3) is 5.19. The SMILES string of the molecule is CC(C)NC(=O)c1ccccc1NS(=O)(=O)c1nnc(NC(=O)c2ccccc2)s1. The molecule has 2 amide bonds. The van der Waals surface area contributed by atoms with Gasteiger partial charge in [-0.25, -0.2) is 0 Å². The largest absolute Gasteiger partial charge is 0.350 e. The summed E-state index contributed by atoms with van der Waals surface area (Å²) in [5.74, 6) is -0.837. The first kappa shape index (κ1) is 21.4. The Morgan fingerprint density at radius 3 is 2.30 bits per heavy atom. The Balaban J connectivity index is 1.78. The molecule has 1 aromatic heterocycles. The van der Waals surface area contributed by atoms with Crippen molar-refractivity contribution in [2.75, 3.05) is 10.0 Å². The maximum atomic E-state index is 12.7. The number of nitrogens with one attached hydrogen (secondary N) is 3. The van der Waals surface area contributed by atoms with Gasteiger partial charge in [0.25, 0.3) is 26.2 Å². The second-order valence-corrected chi connectivity index (χ2v) is 9.31. The zero-order valence-corrected chi connectivity index (χ0v) is 17.8. The monoisotopic (exact) mass is 445 g/mol. The van der Waals surface area contributed by atoms with Crippen LogP contribution in [-0.2, 0) is 10.0 Å². The summed E-state index contributed by atoms with van der Waals surface area (Å²) >= 11 is 0.702. The smallest absolute Gasteiger partial charge is 0.291 e. The molecule has 0 saturated heterocycles. The molecule has 2 aromatic carbocycles. The Morgan fingerprint density at radius 1 is 0.933 bits per heavy atom. The van der Waals surface area contributed by atoms with Crippen molar-refractivity contribution in [2.24, 2.45) is 0 Å². The van der Waals surface area contributed by atoms with Crippen LogP contribution >= 0.6 is 11.3 Å². The van der Waals surface area contributed by atoms with E-state index in [1.165, 1.54) is 12.1 Å². The third-order valence-electron chi connectivity index (χ3n) is 3.73. The van der Waals surface area contributed by atoms with E-state index in [1.54, 1.807) is 56.3 Å². The quantitative estimate of drug-likeness (QED) is 0.480. The predicted octanol–water partition coefficient (Wildman–Crippen LogP) is 2.73. The van der Waals surface area contributed by atoms with Gasteiger partial charge in [0.05, 0.1) is 11.3 Å². The molecule has 0 fully saturated rings. The van der Waals surface area contributed by atoms with Crippen molar-refractivity contribution < 1.29 is 18.0 Å². The number of sulfonamides is 1. The van der Waals surface area contributed by atoms with E-state index in [0.717, 1.165) is 0 Å². The Morgan fingerprint density at radius 2 is 1.60 bits per heavy atom. The summed E-state index contributed by atoms with van der Waals surface area (Å²) in [6.07, 6.45) is 0. The first-order chi connectivity index (χ1) is 14.3. The Labute approximate surface area is 177 Å². The first-order valence-electron chi connectivity index (χ1n) is 8.89. The molecule has 9 nitrogen and oxygen atoms in total. The van der Waals surface area contributed by atoms with E-state index < -0.39 is 21.8 Å². The molecule has 0 atom stereocenters. The van der Waals surface area contributed by atoms with Gasteiger partial charge < -0.3 is 5.32 Å². The van der Waals surface area contributed by atoms with Gasteiger partial charge in [0.1, 0.15) is 0 Å². The lowest BCUT2D eigenvalue weighted by atomic mass is 10.1. The number of anilines is 2. The summed E-state index contributed by atoms with van der Waals surface area (Å²) in [4.78, 5) is 24.5. The average Bonchev–Trinajstić information content (AvgIpc) is 3.18. The molecule has 1 heterocycles. The summed E-state index contributed by atoms with van der Waals surface area (Å²) < 4.78 is 27.5. The minimum atomic E-state index is -4.11. The van der Waals surface area contributed by atoms with Crippen molar-refractivity contribution in [1.82, 2.24) is 15.5 Å². The lowest BCUT2D eigenvalue weighted by Crippen LogP contribution is -2.31. The van der Waals surface area contributed by atoms with Crippen molar-refractivity contribution in [3.8, 4) is 0 Å². The van der Waals surface area contributed by atoms with Gasteiger partial charge in [-0.2, -0.15) is 8.42 Å². The number of nitrogens with zero attached hydrogens (tertiary/aromatic N) is 2. The lowest BCUT2D eigenvalue weighted by molar-refractivity contribution is 0.0943. The highest BCUT2D eigenvalue weighted by Crippen LogP contribution is 2.24. The predicted molar refractivity (Wildman–Crippen MR) is 114 cm³/mol. The molecular weight excluding hydrogens is 426 g/mol. The number of aromatic nitrogens is 2. The number of carbonyl (C=O) groups is 2. The molecule has 0 aliphatic carbocycles. The highest BCUT2D eigenvalue weighted by Gasteiger charge is 2.23. The molecular formula is C19H19N5O4S2. The molecule has 0 bridgehead atoms. The van der Waals surface area contributed by atoms with Gasteiger partial charge in [-0.15, -0.1) is 10.2 Å². The molecule has 11 heteroatoms. The number of para-hydroxylation sites is 1. The number of hydrogen-bond acceptors (Lipinski definition) is 7. The summed E-state index contributed by atoms with van der Waals surface area (Å²) in [5.41, 5.74) is 0.693. The molecule has 30 heavy (non-hydrogen) atoms. The summed E-state index contributed by atoms with van der Waals surface area (Å²) in [5, 5.41) is 12.7. The number of amides is 2. The van der Waals surface area contributed by atoms with Crippen molar-refractivity contribution in [3.63, 3.8) is 0 Å². The van der Waals surface area contributed by atoms with Gasteiger partial charge in [-0.1, -0.05) is 41.7 Å². The van der Waals surface area contributed by atoms with Crippen LogP contribution in [0.3, 0.4) is 0 Å². The topological polar surface area (TPSA) is 130 Å². The molecule has 0 aliphatic rings. The van der Waals surface area contributed by atoms with Crippen LogP contribution in [0.25, 0.3) is 0 Å². The van der Waals surface area contributed by atoms with Crippen LogP contribution in [-0.4, -0.2) is 36.5 Å². The van der Waals surface area contributed by atoms with Crippen LogP contribution in [0.15, 0.2) is 58.9 Å². The molecule has 3 rings (SSSR count). The average molecular weight is 446 g/mol. The normalized spacial score (nSPS) is 11.2. The fraction of sp³-hybridized carbons (Fsp3) is 0.158. The summed E-state index contributed by atoms with van der Waals surface area (Å²) in [7, 11) is -4.11. The highest BCUT2D eigenvalue weighted by atomic mass is 32.2. The molecule has 0 unspecified atom stereocenters. The number of hydrogen-bond donors (Lipinski definition) is 3. The van der Waals surface area contributed by atoms with E-state index in [-0.39, 0.29) is 26.8 Å². The van der Waals surface area contributed by atoms with Crippen molar-refractivity contribution in [1.29, 1.82) is 0 Å². The Kier molecular flexibility index (Phi) is 6.43. The second kappa shape index (κ2) is 9.01. The molecule has 3 N–H and O–H groups in total. The Bertz CT molecular complexity index is 1160. The fourth-order valence-corrected chi connectivity index (χ4v) is 4.40.